The molecule has 0 aromatic heterocycles. The molecule has 0 saturated carbocycles. The number of aldehydes is 1. The Labute approximate surface area is 165 Å². The summed E-state index contributed by atoms with van der Waals surface area (Å²) < 4.78 is 0. The molecule has 0 fully saturated rings. The molecular weight excluding hydrogens is 348 g/mol. The van der Waals surface area contributed by atoms with Crippen LogP contribution in [-0.2, 0) is 15.1 Å². The van der Waals surface area contributed by atoms with Crippen molar-refractivity contribution in [3.05, 3.63) is 108 Å². The van der Waals surface area contributed by atoms with Crippen molar-refractivity contribution < 1.29 is 9.59 Å². The summed E-state index contributed by atoms with van der Waals surface area (Å²) in [6.07, 6.45) is 1.34. The number of benzene rings is 3. The van der Waals surface area contributed by atoms with E-state index < -0.39 is 17.5 Å². The average Bonchev–Trinajstić information content (AvgIpc) is 2.76. The molecule has 0 unspecified atom stereocenters. The molecule has 0 radical (unpaired) electrons. The molecule has 142 valence electrons. The van der Waals surface area contributed by atoms with Crippen LogP contribution in [0.4, 0.5) is 0 Å². The highest BCUT2D eigenvalue weighted by molar-refractivity contribution is 5.74. The Morgan fingerprint density at radius 3 is 1.54 bits per heavy atom. The van der Waals surface area contributed by atoms with E-state index in [1.54, 1.807) is 0 Å². The summed E-state index contributed by atoms with van der Waals surface area (Å²) in [5.74, 6) is -0.418. The molecule has 4 nitrogen and oxygen atoms in total. The summed E-state index contributed by atoms with van der Waals surface area (Å²) in [6, 6.07) is 29.5. The Balaban J connectivity index is 2.19. The van der Waals surface area contributed by atoms with Crippen molar-refractivity contribution in [1.82, 2.24) is 5.32 Å². The number of nitrogens with one attached hydrogen (secondary N) is 1. The van der Waals surface area contributed by atoms with E-state index in [4.69, 9.17) is 5.73 Å². The Morgan fingerprint density at radius 2 is 1.21 bits per heavy atom. The fraction of sp³-hybridized carbons (Fsp3) is 0.167. The molecule has 0 spiro atoms. The van der Waals surface area contributed by atoms with Crippen LogP contribution in [0.5, 0.6) is 0 Å². The highest BCUT2D eigenvalue weighted by Gasteiger charge is 2.37. The summed E-state index contributed by atoms with van der Waals surface area (Å²) in [5, 5.41) is 3.55. The summed E-state index contributed by atoms with van der Waals surface area (Å²) in [4.78, 5) is 23.1. The lowest BCUT2D eigenvalue weighted by atomic mass is 9.76. The molecular formula is C24H24N2O2. The van der Waals surface area contributed by atoms with E-state index in [2.05, 4.69) is 5.32 Å². The van der Waals surface area contributed by atoms with Crippen molar-refractivity contribution in [2.75, 3.05) is 0 Å². The minimum absolute atomic E-state index is 0.144. The van der Waals surface area contributed by atoms with E-state index >= 15 is 0 Å². The van der Waals surface area contributed by atoms with Crippen LogP contribution in [0.2, 0.25) is 0 Å². The SMILES string of the molecule is NC(=O)CC[C@@H](C=O)NC(c1ccccc1)(c1ccccc1)c1ccccc1. The van der Waals surface area contributed by atoms with Gasteiger partial charge in [0.15, 0.2) is 0 Å². The van der Waals surface area contributed by atoms with Gasteiger partial charge in [0.2, 0.25) is 5.91 Å². The van der Waals surface area contributed by atoms with Crippen LogP contribution in [-0.4, -0.2) is 18.2 Å². The van der Waals surface area contributed by atoms with E-state index in [1.165, 1.54) is 0 Å². The minimum atomic E-state index is -0.743. The van der Waals surface area contributed by atoms with E-state index in [-0.39, 0.29) is 6.42 Å². The van der Waals surface area contributed by atoms with E-state index in [1.807, 2.05) is 91.0 Å². The van der Waals surface area contributed by atoms with Crippen molar-refractivity contribution in [3.63, 3.8) is 0 Å². The fourth-order valence-corrected chi connectivity index (χ4v) is 3.56. The van der Waals surface area contributed by atoms with Gasteiger partial charge in [-0.1, -0.05) is 91.0 Å². The number of primary amides is 1. The first kappa shape index (κ1) is 19.5. The molecule has 0 bridgehead atoms. The zero-order chi connectivity index (χ0) is 19.8. The lowest BCUT2D eigenvalue weighted by Crippen LogP contribution is -2.50. The second kappa shape index (κ2) is 9.11. The molecule has 28 heavy (non-hydrogen) atoms. The number of hydrogen-bond acceptors (Lipinski definition) is 3. The van der Waals surface area contributed by atoms with Crippen molar-refractivity contribution in [2.45, 2.75) is 24.4 Å². The number of rotatable bonds is 9. The van der Waals surface area contributed by atoms with E-state index in [0.717, 1.165) is 23.0 Å². The summed E-state index contributed by atoms with van der Waals surface area (Å²) in [5.41, 5.74) is 7.60. The molecule has 1 amide bonds. The molecule has 3 aromatic rings. The quantitative estimate of drug-likeness (QED) is 0.447. The molecule has 0 saturated heterocycles. The number of nitrogens with two attached hydrogens (primary N) is 1. The van der Waals surface area contributed by atoms with Gasteiger partial charge < -0.3 is 10.5 Å². The van der Waals surface area contributed by atoms with Crippen LogP contribution in [0.15, 0.2) is 91.0 Å². The zero-order valence-electron chi connectivity index (χ0n) is 15.6. The summed E-state index contributed by atoms with van der Waals surface area (Å²) >= 11 is 0. The van der Waals surface area contributed by atoms with E-state index in [9.17, 15) is 9.59 Å². The molecule has 4 heteroatoms. The largest absolute Gasteiger partial charge is 0.370 e. The van der Waals surface area contributed by atoms with Gasteiger partial charge in [-0.3, -0.25) is 10.1 Å². The van der Waals surface area contributed by atoms with Gasteiger partial charge in [-0.25, -0.2) is 0 Å². The first-order valence-electron chi connectivity index (χ1n) is 9.34. The maximum absolute atomic E-state index is 11.9. The maximum atomic E-state index is 11.9. The van der Waals surface area contributed by atoms with Crippen LogP contribution in [0, 0.1) is 0 Å². The van der Waals surface area contributed by atoms with Gasteiger partial charge in [-0.05, 0) is 23.1 Å². The third-order valence-electron chi connectivity index (χ3n) is 4.89. The lowest BCUT2D eigenvalue weighted by molar-refractivity contribution is -0.118. The van der Waals surface area contributed by atoms with Crippen molar-refractivity contribution in [3.8, 4) is 0 Å². The van der Waals surface area contributed by atoms with Gasteiger partial charge in [-0.2, -0.15) is 0 Å². The van der Waals surface area contributed by atoms with Gasteiger partial charge in [-0.15, -0.1) is 0 Å². The Bertz CT molecular complexity index is 799. The molecule has 3 rings (SSSR count). The predicted octanol–water partition coefficient (Wildman–Crippen LogP) is 3.40. The smallest absolute Gasteiger partial charge is 0.217 e. The van der Waals surface area contributed by atoms with Crippen LogP contribution < -0.4 is 11.1 Å². The summed E-state index contributed by atoms with van der Waals surface area (Å²) in [6.45, 7) is 0. The minimum Gasteiger partial charge on any atom is -0.370 e. The third-order valence-corrected chi connectivity index (χ3v) is 4.89. The van der Waals surface area contributed by atoms with Gasteiger partial charge in [0, 0.05) is 6.42 Å². The Hall–Kier alpha value is -3.24. The van der Waals surface area contributed by atoms with Gasteiger partial charge >= 0.3 is 0 Å². The molecule has 1 atom stereocenters. The van der Waals surface area contributed by atoms with Crippen LogP contribution in [0.1, 0.15) is 29.5 Å². The normalized spacial score (nSPS) is 12.3. The highest BCUT2D eigenvalue weighted by Crippen LogP contribution is 2.37. The van der Waals surface area contributed by atoms with Gasteiger partial charge in [0.25, 0.3) is 0 Å². The lowest BCUT2D eigenvalue weighted by Gasteiger charge is -2.39. The number of hydrogen-bond donors (Lipinski definition) is 2. The molecule has 0 aliphatic carbocycles. The van der Waals surface area contributed by atoms with Crippen LogP contribution >= 0.6 is 0 Å². The molecule has 3 N–H and O–H groups in total. The van der Waals surface area contributed by atoms with Crippen molar-refractivity contribution >= 4 is 12.2 Å². The summed E-state index contributed by atoms with van der Waals surface area (Å²) in [7, 11) is 0. The predicted molar refractivity (Wildman–Crippen MR) is 111 cm³/mol. The van der Waals surface area contributed by atoms with E-state index in [0.29, 0.717) is 6.42 Å². The van der Waals surface area contributed by atoms with Crippen LogP contribution in [0.25, 0.3) is 0 Å². The van der Waals surface area contributed by atoms with Crippen molar-refractivity contribution in [2.24, 2.45) is 5.73 Å². The number of carbonyl (C=O) groups excluding carboxylic acids is 2. The Morgan fingerprint density at radius 1 is 0.821 bits per heavy atom. The molecule has 0 aliphatic heterocycles. The third kappa shape index (κ3) is 4.18. The topological polar surface area (TPSA) is 72.2 Å². The number of amides is 1. The Kier molecular flexibility index (Phi) is 6.35. The first-order valence-corrected chi connectivity index (χ1v) is 9.34. The molecule has 3 aromatic carbocycles. The standard InChI is InChI=1S/C24H24N2O2/c25-23(28)17-16-22(18-27)26-24(19-10-4-1-5-11-19,20-12-6-2-7-13-20)21-14-8-3-9-15-21/h1-15,18,22,26H,16-17H2,(H2,25,28)/t22-/m0/s1. The monoisotopic (exact) mass is 372 g/mol. The second-order valence-corrected chi connectivity index (χ2v) is 6.74. The van der Waals surface area contributed by atoms with Gasteiger partial charge in [0.05, 0.1) is 11.6 Å². The molecule has 0 heterocycles. The zero-order valence-corrected chi connectivity index (χ0v) is 15.6. The first-order chi connectivity index (χ1) is 13.7. The maximum Gasteiger partial charge on any atom is 0.217 e. The second-order valence-electron chi connectivity index (χ2n) is 6.74. The number of carbonyl (C=O) groups is 2. The van der Waals surface area contributed by atoms with Gasteiger partial charge in [0.1, 0.15) is 6.29 Å². The van der Waals surface area contributed by atoms with Crippen LogP contribution in [0.3, 0.4) is 0 Å². The molecule has 0 aliphatic rings. The highest BCUT2D eigenvalue weighted by atomic mass is 16.1. The average molecular weight is 372 g/mol. The fourth-order valence-electron chi connectivity index (χ4n) is 3.56. The van der Waals surface area contributed by atoms with Crippen molar-refractivity contribution in [1.29, 1.82) is 0 Å².